The molecule has 0 fully saturated rings. The van der Waals surface area contributed by atoms with E-state index in [0.717, 1.165) is 45.9 Å². The highest BCUT2D eigenvalue weighted by Gasteiger charge is 2.12. The monoisotopic (exact) mass is 449 g/mol. The first-order valence-corrected chi connectivity index (χ1v) is 12.0. The van der Waals surface area contributed by atoms with Crippen molar-refractivity contribution in [1.29, 1.82) is 0 Å². The summed E-state index contributed by atoms with van der Waals surface area (Å²) in [6.45, 7) is 9.45. The van der Waals surface area contributed by atoms with Gasteiger partial charge in [-0.2, -0.15) is 5.10 Å². The minimum absolute atomic E-state index is 0.196. The van der Waals surface area contributed by atoms with Crippen LogP contribution >= 0.6 is 11.8 Å². The van der Waals surface area contributed by atoms with Gasteiger partial charge in [0.15, 0.2) is 0 Å². The van der Waals surface area contributed by atoms with E-state index in [1.165, 1.54) is 0 Å². The maximum Gasteiger partial charge on any atom is 0.257 e. The Labute approximate surface area is 194 Å². The fourth-order valence-electron chi connectivity index (χ4n) is 3.23. The Morgan fingerprint density at radius 2 is 1.94 bits per heavy atom. The molecule has 0 saturated carbocycles. The number of guanidine groups is 1. The third kappa shape index (κ3) is 6.23. The van der Waals surface area contributed by atoms with Crippen LogP contribution in [0.1, 0.15) is 46.1 Å². The van der Waals surface area contributed by atoms with E-state index in [9.17, 15) is 4.79 Å². The molecule has 3 aromatic rings. The fraction of sp³-hybridized carbons (Fsp3) is 0.320. The molecule has 0 aliphatic rings. The van der Waals surface area contributed by atoms with Crippen LogP contribution in [0.15, 0.2) is 58.5 Å². The summed E-state index contributed by atoms with van der Waals surface area (Å²) in [5.41, 5.74) is 5.70. The lowest BCUT2D eigenvalue weighted by Gasteiger charge is -2.13. The lowest BCUT2D eigenvalue weighted by Crippen LogP contribution is -2.36. The molecule has 168 valence electrons. The second-order valence-electron chi connectivity index (χ2n) is 7.78. The summed E-state index contributed by atoms with van der Waals surface area (Å²) in [5.74, 6) is 0.216. The van der Waals surface area contributed by atoms with Gasteiger partial charge >= 0.3 is 0 Å². The van der Waals surface area contributed by atoms with Crippen LogP contribution in [0.25, 0.3) is 0 Å². The zero-order chi connectivity index (χ0) is 23.1. The maximum absolute atomic E-state index is 12.9. The van der Waals surface area contributed by atoms with E-state index in [0.29, 0.717) is 18.1 Å². The number of rotatable bonds is 7. The molecule has 0 radical (unpaired) electrons. The summed E-state index contributed by atoms with van der Waals surface area (Å²) in [6.07, 6.45) is 5.08. The van der Waals surface area contributed by atoms with E-state index in [-0.39, 0.29) is 5.91 Å². The number of anilines is 1. The molecule has 0 atom stereocenters. The van der Waals surface area contributed by atoms with Gasteiger partial charge in [-0.3, -0.25) is 14.8 Å². The topological polar surface area (TPSA) is 71.3 Å². The first-order valence-electron chi connectivity index (χ1n) is 10.8. The molecule has 0 unspecified atom stereocenters. The number of carbonyl (C=O) groups is 1. The van der Waals surface area contributed by atoms with E-state index < -0.39 is 0 Å². The number of aromatic nitrogens is 2. The number of amides is 1. The van der Waals surface area contributed by atoms with Crippen LogP contribution < -0.4 is 10.6 Å². The minimum atomic E-state index is -0.196. The van der Waals surface area contributed by atoms with Crippen LogP contribution in [-0.2, 0) is 13.1 Å². The van der Waals surface area contributed by atoms with Crippen molar-refractivity contribution in [3.8, 4) is 0 Å². The molecule has 2 aromatic carbocycles. The molecule has 7 heteroatoms. The predicted molar refractivity (Wildman–Crippen MR) is 134 cm³/mol. The highest BCUT2D eigenvalue weighted by atomic mass is 32.2. The number of thioether (sulfide) groups is 1. The van der Waals surface area contributed by atoms with Crippen LogP contribution in [0.4, 0.5) is 5.69 Å². The van der Waals surface area contributed by atoms with Crippen molar-refractivity contribution in [2.75, 3.05) is 11.6 Å². The molecule has 6 nitrogen and oxygen atoms in total. The van der Waals surface area contributed by atoms with E-state index in [4.69, 9.17) is 4.99 Å². The predicted octanol–water partition coefficient (Wildman–Crippen LogP) is 5.34. The number of benzene rings is 2. The van der Waals surface area contributed by atoms with Crippen molar-refractivity contribution >= 4 is 29.3 Å². The number of nitrogens with zero attached hydrogens (tertiary/aromatic N) is 3. The fourth-order valence-corrected chi connectivity index (χ4v) is 3.69. The molecular formula is C25H31N5OS. The number of nitrogens with one attached hydrogen (secondary N) is 2. The van der Waals surface area contributed by atoms with Gasteiger partial charge in [0.25, 0.3) is 5.91 Å². The van der Waals surface area contributed by atoms with Gasteiger partial charge in [-0.1, -0.05) is 19.1 Å². The number of hydrogen-bond donors (Lipinski definition) is 2. The molecule has 1 aromatic heterocycles. The molecule has 0 aliphatic heterocycles. The Kier molecular flexibility index (Phi) is 8.11. The third-order valence-electron chi connectivity index (χ3n) is 5.24. The number of hydrogen-bond acceptors (Lipinski definition) is 4. The Morgan fingerprint density at radius 3 is 2.66 bits per heavy atom. The van der Waals surface area contributed by atoms with Crippen LogP contribution in [-0.4, -0.2) is 27.9 Å². The average Bonchev–Trinajstić information content (AvgIpc) is 3.13. The number of aryl methyl sites for hydroxylation is 4. The van der Waals surface area contributed by atoms with Crippen molar-refractivity contribution in [1.82, 2.24) is 15.1 Å². The van der Waals surface area contributed by atoms with Crippen LogP contribution in [0, 0.1) is 20.8 Å². The lowest BCUT2D eigenvalue weighted by atomic mass is 10.1. The zero-order valence-corrected chi connectivity index (χ0v) is 20.2. The van der Waals surface area contributed by atoms with Gasteiger partial charge < -0.3 is 5.32 Å². The van der Waals surface area contributed by atoms with E-state index in [1.807, 2.05) is 80.4 Å². The van der Waals surface area contributed by atoms with Gasteiger partial charge in [-0.25, -0.2) is 4.99 Å². The summed E-state index contributed by atoms with van der Waals surface area (Å²) in [4.78, 5) is 18.8. The second-order valence-corrected chi connectivity index (χ2v) is 8.66. The highest BCUT2D eigenvalue weighted by Crippen LogP contribution is 2.19. The number of aliphatic imine (C=N–C) groups is 1. The Morgan fingerprint density at radius 1 is 1.12 bits per heavy atom. The highest BCUT2D eigenvalue weighted by molar-refractivity contribution is 7.98. The van der Waals surface area contributed by atoms with Crippen molar-refractivity contribution in [3.63, 3.8) is 0 Å². The smallest absolute Gasteiger partial charge is 0.257 e. The van der Waals surface area contributed by atoms with Crippen molar-refractivity contribution in [2.24, 2.45) is 4.99 Å². The first kappa shape index (κ1) is 23.6. The molecule has 0 saturated heterocycles. The van der Waals surface area contributed by atoms with Gasteiger partial charge in [-0.15, -0.1) is 11.8 Å². The molecule has 2 N–H and O–H groups in total. The van der Waals surface area contributed by atoms with Crippen LogP contribution in [0.5, 0.6) is 0 Å². The van der Waals surface area contributed by atoms with Gasteiger partial charge in [0.1, 0.15) is 0 Å². The van der Waals surface area contributed by atoms with Crippen LogP contribution in [0.3, 0.4) is 0 Å². The summed E-state index contributed by atoms with van der Waals surface area (Å²) in [6, 6.07) is 13.7. The Bertz CT molecular complexity index is 1120. The standard InChI is InChI=1S/C25H31N5OS/c1-6-12-30-16-21(19(4)29-30)15-26-25(27-22-8-7-9-23(14-22)32-5)28-24(31)20-11-10-17(2)18(3)13-20/h7-11,13-14,16H,6,12,15H2,1-5H3,(H2,26,27,28,31). The summed E-state index contributed by atoms with van der Waals surface area (Å²) < 4.78 is 1.95. The second kappa shape index (κ2) is 11.0. The SMILES string of the molecule is CCCn1cc(CN=C(NC(=O)c2ccc(C)c(C)c2)Nc2cccc(SC)c2)c(C)n1. The first-order chi connectivity index (χ1) is 15.4. The Balaban J connectivity index is 1.85. The van der Waals surface area contributed by atoms with Crippen molar-refractivity contribution < 1.29 is 4.79 Å². The summed E-state index contributed by atoms with van der Waals surface area (Å²) in [7, 11) is 0. The molecule has 0 spiro atoms. The molecule has 32 heavy (non-hydrogen) atoms. The Hall–Kier alpha value is -3.06. The minimum Gasteiger partial charge on any atom is -0.326 e. The van der Waals surface area contributed by atoms with Gasteiger partial charge in [0.2, 0.25) is 5.96 Å². The molecule has 0 bridgehead atoms. The van der Waals surface area contributed by atoms with Gasteiger partial charge in [-0.05, 0) is 74.9 Å². The van der Waals surface area contributed by atoms with Crippen LogP contribution in [0.2, 0.25) is 0 Å². The summed E-state index contributed by atoms with van der Waals surface area (Å²) >= 11 is 1.67. The third-order valence-corrected chi connectivity index (χ3v) is 5.97. The average molecular weight is 450 g/mol. The largest absolute Gasteiger partial charge is 0.326 e. The summed E-state index contributed by atoms with van der Waals surface area (Å²) in [5, 5.41) is 10.8. The van der Waals surface area contributed by atoms with Gasteiger partial charge in [0, 0.05) is 34.5 Å². The van der Waals surface area contributed by atoms with Crippen molar-refractivity contribution in [2.45, 2.75) is 52.1 Å². The molecular weight excluding hydrogens is 418 g/mol. The number of carbonyl (C=O) groups excluding carboxylic acids is 1. The molecule has 1 heterocycles. The van der Waals surface area contributed by atoms with Gasteiger partial charge in [0.05, 0.1) is 12.2 Å². The van der Waals surface area contributed by atoms with Crippen molar-refractivity contribution in [3.05, 3.63) is 76.6 Å². The molecule has 0 aliphatic carbocycles. The van der Waals surface area contributed by atoms with E-state index in [2.05, 4.69) is 22.7 Å². The quantitative estimate of drug-likeness (QED) is 0.290. The molecule has 3 rings (SSSR count). The van der Waals surface area contributed by atoms with E-state index in [1.54, 1.807) is 11.8 Å². The lowest BCUT2D eigenvalue weighted by molar-refractivity contribution is 0.0977. The van der Waals surface area contributed by atoms with E-state index >= 15 is 0 Å². The maximum atomic E-state index is 12.9. The zero-order valence-electron chi connectivity index (χ0n) is 19.4. The molecule has 1 amide bonds. The normalized spacial score (nSPS) is 11.5.